The summed E-state index contributed by atoms with van der Waals surface area (Å²) in [6.45, 7) is 1.75. The number of aliphatic carboxylic acids is 1. The number of rotatable bonds is 3. The number of carboxylic acids is 1. The summed E-state index contributed by atoms with van der Waals surface area (Å²) in [4.78, 5) is 24.0. The molecule has 0 saturated carbocycles. The molecule has 2 rings (SSSR count). The minimum absolute atomic E-state index is 0.0159. The third kappa shape index (κ3) is 3.51. The predicted molar refractivity (Wildman–Crippen MR) is 78.0 cm³/mol. The van der Waals surface area contributed by atoms with E-state index in [1.807, 2.05) is 4.90 Å². The Bertz CT molecular complexity index is 557. The Kier molecular flexibility index (Phi) is 4.63. The molecule has 5 nitrogen and oxygen atoms in total. The van der Waals surface area contributed by atoms with Crippen LogP contribution in [-0.2, 0) is 9.59 Å². The summed E-state index contributed by atoms with van der Waals surface area (Å²) in [5.41, 5.74) is 1.50. The van der Waals surface area contributed by atoms with Crippen molar-refractivity contribution in [3.63, 3.8) is 0 Å². The second-order valence-electron chi connectivity index (χ2n) is 4.44. The standard InChI is InChI=1S/C14H15ClN2O3/c15-11-3-1-2-10(4-5-13(19)20)14(11)17-8-6-12(18)16-7-9-17/h1-5H,6-9H2,(H,16,18)(H,19,20)/b5-4+. The number of amides is 1. The van der Waals surface area contributed by atoms with E-state index in [-0.39, 0.29) is 5.91 Å². The van der Waals surface area contributed by atoms with Crippen molar-refractivity contribution >= 4 is 35.2 Å². The molecule has 0 aliphatic carbocycles. The molecule has 0 atom stereocenters. The van der Waals surface area contributed by atoms with Gasteiger partial charge in [-0.1, -0.05) is 23.7 Å². The zero-order valence-corrected chi connectivity index (χ0v) is 11.6. The topological polar surface area (TPSA) is 69.6 Å². The average molecular weight is 295 g/mol. The maximum atomic E-state index is 11.4. The van der Waals surface area contributed by atoms with Gasteiger partial charge in [-0.25, -0.2) is 4.79 Å². The molecule has 0 radical (unpaired) electrons. The fraction of sp³-hybridized carbons (Fsp3) is 0.286. The van der Waals surface area contributed by atoms with Gasteiger partial charge < -0.3 is 15.3 Å². The number of hydrogen-bond donors (Lipinski definition) is 2. The van der Waals surface area contributed by atoms with Gasteiger partial charge in [0.15, 0.2) is 0 Å². The Labute approximate surface area is 121 Å². The first-order valence-corrected chi connectivity index (χ1v) is 6.67. The van der Waals surface area contributed by atoms with E-state index in [4.69, 9.17) is 16.7 Å². The van der Waals surface area contributed by atoms with Crippen LogP contribution in [-0.4, -0.2) is 36.6 Å². The number of carbonyl (C=O) groups is 2. The third-order valence-electron chi connectivity index (χ3n) is 3.05. The molecule has 1 aromatic carbocycles. The molecular formula is C14H15ClN2O3. The molecule has 106 valence electrons. The Morgan fingerprint density at radius 2 is 2.20 bits per heavy atom. The fourth-order valence-electron chi connectivity index (χ4n) is 2.15. The number of nitrogens with zero attached hydrogens (tertiary/aromatic N) is 1. The number of halogens is 1. The van der Waals surface area contributed by atoms with Crippen molar-refractivity contribution in [1.82, 2.24) is 5.32 Å². The fourth-order valence-corrected chi connectivity index (χ4v) is 2.45. The lowest BCUT2D eigenvalue weighted by Crippen LogP contribution is -2.29. The van der Waals surface area contributed by atoms with Crippen LogP contribution in [0.5, 0.6) is 0 Å². The van der Waals surface area contributed by atoms with E-state index >= 15 is 0 Å². The summed E-state index contributed by atoms with van der Waals surface area (Å²) in [6, 6.07) is 5.34. The summed E-state index contributed by atoms with van der Waals surface area (Å²) < 4.78 is 0. The summed E-state index contributed by atoms with van der Waals surface area (Å²) in [7, 11) is 0. The highest BCUT2D eigenvalue weighted by Gasteiger charge is 2.18. The van der Waals surface area contributed by atoms with Crippen molar-refractivity contribution in [3.05, 3.63) is 34.9 Å². The quantitative estimate of drug-likeness (QED) is 0.834. The molecule has 0 aromatic heterocycles. The predicted octanol–water partition coefficient (Wildman–Crippen LogP) is 1.76. The summed E-state index contributed by atoms with van der Waals surface area (Å²) in [5, 5.41) is 12.1. The lowest BCUT2D eigenvalue weighted by atomic mass is 10.1. The summed E-state index contributed by atoms with van der Waals surface area (Å²) in [6.07, 6.45) is 2.99. The van der Waals surface area contributed by atoms with E-state index in [1.54, 1.807) is 18.2 Å². The minimum atomic E-state index is -1.01. The lowest BCUT2D eigenvalue weighted by molar-refractivity contribution is -0.131. The molecule has 0 bridgehead atoms. The Balaban J connectivity index is 2.33. The van der Waals surface area contributed by atoms with Crippen molar-refractivity contribution in [3.8, 4) is 0 Å². The molecule has 1 heterocycles. The van der Waals surface area contributed by atoms with Crippen molar-refractivity contribution < 1.29 is 14.7 Å². The van der Waals surface area contributed by atoms with Crippen LogP contribution in [0.4, 0.5) is 5.69 Å². The highest BCUT2D eigenvalue weighted by Crippen LogP contribution is 2.31. The minimum Gasteiger partial charge on any atom is -0.478 e. The molecule has 1 aromatic rings. The monoisotopic (exact) mass is 294 g/mol. The SMILES string of the molecule is O=C(O)/C=C/c1cccc(Cl)c1N1CCNC(=O)CC1. The van der Waals surface area contributed by atoms with E-state index < -0.39 is 5.97 Å². The maximum absolute atomic E-state index is 11.4. The lowest BCUT2D eigenvalue weighted by Gasteiger charge is -2.25. The molecule has 1 aliphatic heterocycles. The van der Waals surface area contributed by atoms with Crippen LogP contribution in [0.25, 0.3) is 6.08 Å². The van der Waals surface area contributed by atoms with Crippen LogP contribution in [0.15, 0.2) is 24.3 Å². The molecule has 1 aliphatic rings. The molecule has 1 saturated heterocycles. The van der Waals surface area contributed by atoms with Crippen LogP contribution in [0.1, 0.15) is 12.0 Å². The van der Waals surface area contributed by atoms with E-state index in [2.05, 4.69) is 5.32 Å². The van der Waals surface area contributed by atoms with E-state index in [0.29, 0.717) is 31.1 Å². The van der Waals surface area contributed by atoms with Gasteiger partial charge in [-0.15, -0.1) is 0 Å². The largest absolute Gasteiger partial charge is 0.478 e. The van der Waals surface area contributed by atoms with E-state index in [0.717, 1.165) is 17.3 Å². The van der Waals surface area contributed by atoms with Gasteiger partial charge in [0.1, 0.15) is 0 Å². The molecule has 20 heavy (non-hydrogen) atoms. The van der Waals surface area contributed by atoms with Crippen molar-refractivity contribution in [1.29, 1.82) is 0 Å². The Morgan fingerprint density at radius 1 is 1.40 bits per heavy atom. The number of para-hydroxylation sites is 1. The second-order valence-corrected chi connectivity index (χ2v) is 4.84. The maximum Gasteiger partial charge on any atom is 0.328 e. The smallest absolute Gasteiger partial charge is 0.328 e. The highest BCUT2D eigenvalue weighted by molar-refractivity contribution is 6.33. The van der Waals surface area contributed by atoms with Gasteiger partial charge >= 0.3 is 5.97 Å². The number of carboxylic acid groups (broad SMARTS) is 1. The van der Waals surface area contributed by atoms with Crippen LogP contribution in [0.3, 0.4) is 0 Å². The first-order valence-electron chi connectivity index (χ1n) is 6.29. The van der Waals surface area contributed by atoms with Gasteiger partial charge in [0.05, 0.1) is 10.7 Å². The summed E-state index contributed by atoms with van der Waals surface area (Å²) >= 11 is 6.24. The Hall–Kier alpha value is -2.01. The summed E-state index contributed by atoms with van der Waals surface area (Å²) in [5.74, 6) is -0.995. The second kappa shape index (κ2) is 6.43. The van der Waals surface area contributed by atoms with Gasteiger partial charge in [-0.3, -0.25) is 4.79 Å². The normalized spacial score (nSPS) is 16.1. The first kappa shape index (κ1) is 14.4. The molecule has 1 amide bonds. The van der Waals surface area contributed by atoms with Crippen LogP contribution in [0.2, 0.25) is 5.02 Å². The molecule has 6 heteroatoms. The van der Waals surface area contributed by atoms with Crippen LogP contribution >= 0.6 is 11.6 Å². The van der Waals surface area contributed by atoms with Gasteiger partial charge in [0, 0.05) is 32.1 Å². The van der Waals surface area contributed by atoms with Crippen LogP contribution in [0, 0.1) is 0 Å². The van der Waals surface area contributed by atoms with Gasteiger partial charge in [0.25, 0.3) is 0 Å². The van der Waals surface area contributed by atoms with E-state index in [1.165, 1.54) is 6.08 Å². The van der Waals surface area contributed by atoms with Crippen LogP contribution < -0.4 is 10.2 Å². The molecule has 0 unspecified atom stereocenters. The highest BCUT2D eigenvalue weighted by atomic mass is 35.5. The average Bonchev–Trinajstić information content (AvgIpc) is 2.61. The third-order valence-corrected chi connectivity index (χ3v) is 3.36. The Morgan fingerprint density at radius 3 is 2.95 bits per heavy atom. The van der Waals surface area contributed by atoms with Crippen molar-refractivity contribution in [2.45, 2.75) is 6.42 Å². The molecular weight excluding hydrogens is 280 g/mol. The van der Waals surface area contributed by atoms with Gasteiger partial charge in [0.2, 0.25) is 5.91 Å². The van der Waals surface area contributed by atoms with Crippen molar-refractivity contribution in [2.24, 2.45) is 0 Å². The number of carbonyl (C=O) groups excluding carboxylic acids is 1. The van der Waals surface area contributed by atoms with Gasteiger partial charge in [-0.2, -0.15) is 0 Å². The number of nitrogens with one attached hydrogen (secondary N) is 1. The zero-order valence-electron chi connectivity index (χ0n) is 10.8. The number of benzene rings is 1. The van der Waals surface area contributed by atoms with E-state index in [9.17, 15) is 9.59 Å². The number of hydrogen-bond acceptors (Lipinski definition) is 3. The van der Waals surface area contributed by atoms with Gasteiger partial charge in [-0.05, 0) is 17.7 Å². The molecule has 2 N–H and O–H groups in total. The number of anilines is 1. The zero-order chi connectivity index (χ0) is 14.5. The molecule has 0 spiro atoms. The molecule has 1 fully saturated rings. The van der Waals surface area contributed by atoms with Crippen molar-refractivity contribution in [2.75, 3.05) is 24.5 Å². The first-order chi connectivity index (χ1) is 9.58.